The van der Waals surface area contributed by atoms with E-state index in [0.29, 0.717) is 25.4 Å². The number of amides is 1. The Kier molecular flexibility index (Phi) is 10.8. The minimum absolute atomic E-state index is 0.0390. The van der Waals surface area contributed by atoms with E-state index >= 15 is 0 Å². The van der Waals surface area contributed by atoms with Crippen molar-refractivity contribution in [1.82, 2.24) is 15.4 Å². The standard InChI is InChI=1S/C27H42N4O7S/c1-17-15-31(18(2)16-32)27(33)23-13-22(30-39(34,35)26-20(4)29-38-21(26)5)10-11-24(23)37-19(3)9-7-8-12-36-25(17)14-28-6/h10-11,13,17-19,25,28,30,32H,7-9,12,14-16H2,1-6H3/t17-,18-,19-,25+/m0/s1. The minimum Gasteiger partial charge on any atom is -0.490 e. The summed E-state index contributed by atoms with van der Waals surface area (Å²) < 4.78 is 46.3. The van der Waals surface area contributed by atoms with E-state index in [1.54, 1.807) is 30.9 Å². The van der Waals surface area contributed by atoms with Crippen LogP contribution < -0.4 is 14.8 Å². The van der Waals surface area contributed by atoms with E-state index in [1.165, 1.54) is 13.0 Å². The molecule has 1 aromatic carbocycles. The molecule has 3 rings (SSSR count). The number of hydrogen-bond acceptors (Lipinski definition) is 9. The molecule has 2 heterocycles. The van der Waals surface area contributed by atoms with E-state index in [0.717, 1.165) is 19.3 Å². The lowest BCUT2D eigenvalue weighted by atomic mass is 10.0. The number of nitrogens with zero attached hydrogens (tertiary/aromatic N) is 2. The predicted octanol–water partition coefficient (Wildman–Crippen LogP) is 3.11. The second-order valence-electron chi connectivity index (χ2n) is 10.3. The second kappa shape index (κ2) is 13.6. The monoisotopic (exact) mass is 566 g/mol. The largest absolute Gasteiger partial charge is 0.490 e. The lowest BCUT2D eigenvalue weighted by molar-refractivity contribution is -0.000450. The Morgan fingerprint density at radius 1 is 1.23 bits per heavy atom. The summed E-state index contributed by atoms with van der Waals surface area (Å²) >= 11 is 0. The number of rotatable bonds is 7. The molecule has 1 aliphatic rings. The highest BCUT2D eigenvalue weighted by atomic mass is 32.2. The van der Waals surface area contributed by atoms with E-state index in [-0.39, 0.29) is 58.2 Å². The number of hydrogen-bond donors (Lipinski definition) is 3. The molecule has 1 amide bonds. The van der Waals surface area contributed by atoms with Crippen molar-refractivity contribution >= 4 is 21.6 Å². The molecule has 0 radical (unpaired) electrons. The molecule has 0 aliphatic carbocycles. The lowest BCUT2D eigenvalue weighted by Gasteiger charge is -2.34. The van der Waals surface area contributed by atoms with Gasteiger partial charge in [0, 0.05) is 31.3 Å². The number of sulfonamides is 1. The summed E-state index contributed by atoms with van der Waals surface area (Å²) in [5, 5.41) is 16.9. The summed E-state index contributed by atoms with van der Waals surface area (Å²) in [4.78, 5) is 15.6. The van der Waals surface area contributed by atoms with E-state index in [1.807, 2.05) is 20.9 Å². The number of likely N-dealkylation sites (N-methyl/N-ethyl adjacent to an activating group) is 1. The fourth-order valence-electron chi connectivity index (χ4n) is 4.74. The highest BCUT2D eigenvalue weighted by molar-refractivity contribution is 7.92. The van der Waals surface area contributed by atoms with Crippen LogP contribution in [0.1, 0.15) is 61.8 Å². The first kappa shape index (κ1) is 30.9. The molecule has 0 saturated carbocycles. The van der Waals surface area contributed by atoms with Gasteiger partial charge >= 0.3 is 0 Å². The van der Waals surface area contributed by atoms with Crippen LogP contribution in [0.5, 0.6) is 5.75 Å². The Bertz CT molecular complexity index is 1200. The van der Waals surface area contributed by atoms with Crippen LogP contribution in [0.2, 0.25) is 0 Å². The smallest absolute Gasteiger partial charge is 0.267 e. The van der Waals surface area contributed by atoms with Crippen LogP contribution in [-0.4, -0.2) is 81.1 Å². The summed E-state index contributed by atoms with van der Waals surface area (Å²) in [7, 11) is -2.17. The fourth-order valence-corrected chi connectivity index (χ4v) is 6.12. The molecule has 0 unspecified atom stereocenters. The number of anilines is 1. The van der Waals surface area contributed by atoms with Gasteiger partial charge in [-0.1, -0.05) is 12.1 Å². The summed E-state index contributed by atoms with van der Waals surface area (Å²) in [5.41, 5.74) is 0.638. The van der Waals surface area contributed by atoms with Crippen molar-refractivity contribution in [2.75, 3.05) is 38.1 Å². The molecule has 0 fully saturated rings. The molecule has 4 atom stereocenters. The summed E-state index contributed by atoms with van der Waals surface area (Å²) in [6.45, 7) is 10.1. The first-order valence-corrected chi connectivity index (χ1v) is 14.9. The van der Waals surface area contributed by atoms with E-state index in [2.05, 4.69) is 15.2 Å². The number of aromatic nitrogens is 1. The van der Waals surface area contributed by atoms with Gasteiger partial charge < -0.3 is 29.3 Å². The average molecular weight is 567 g/mol. The molecule has 39 heavy (non-hydrogen) atoms. The first-order chi connectivity index (χ1) is 18.5. The molecule has 0 saturated heterocycles. The van der Waals surface area contributed by atoms with Gasteiger partial charge in [0.25, 0.3) is 15.9 Å². The maximum absolute atomic E-state index is 14.1. The molecule has 11 nitrogen and oxygen atoms in total. The molecule has 2 aromatic rings. The van der Waals surface area contributed by atoms with Crippen molar-refractivity contribution in [3.8, 4) is 5.75 Å². The number of carbonyl (C=O) groups excluding carboxylic acids is 1. The minimum atomic E-state index is -4.03. The zero-order chi connectivity index (χ0) is 28.7. The zero-order valence-electron chi connectivity index (χ0n) is 23.7. The van der Waals surface area contributed by atoms with Gasteiger partial charge in [-0.15, -0.1) is 0 Å². The van der Waals surface area contributed by atoms with Crippen molar-refractivity contribution in [3.05, 3.63) is 35.2 Å². The first-order valence-electron chi connectivity index (χ1n) is 13.4. The molecule has 1 aliphatic heterocycles. The van der Waals surface area contributed by atoms with Gasteiger partial charge in [-0.3, -0.25) is 9.52 Å². The number of aryl methyl sites for hydroxylation is 2. The number of ether oxygens (including phenoxy) is 2. The van der Waals surface area contributed by atoms with Gasteiger partial charge in [0.2, 0.25) is 0 Å². The summed E-state index contributed by atoms with van der Waals surface area (Å²) in [6, 6.07) is 4.17. The molecule has 1 aromatic heterocycles. The van der Waals surface area contributed by atoms with Crippen molar-refractivity contribution in [2.24, 2.45) is 5.92 Å². The van der Waals surface area contributed by atoms with Gasteiger partial charge in [-0.05, 0) is 72.2 Å². The SMILES string of the molecule is CNC[C@H]1OCCCC[C@H](C)Oc2ccc(NS(=O)(=O)c3c(C)noc3C)cc2C(=O)N([C@@H](C)CO)C[C@@H]1C. The lowest BCUT2D eigenvalue weighted by Crippen LogP contribution is -2.47. The third kappa shape index (κ3) is 7.71. The molecule has 0 bridgehead atoms. The maximum atomic E-state index is 14.1. The van der Waals surface area contributed by atoms with Crippen molar-refractivity contribution in [2.45, 2.75) is 77.0 Å². The molecule has 3 N–H and O–H groups in total. The topological polar surface area (TPSA) is 143 Å². The number of benzene rings is 1. The Morgan fingerprint density at radius 2 is 1.97 bits per heavy atom. The quantitative estimate of drug-likeness (QED) is 0.461. The van der Waals surface area contributed by atoms with Gasteiger partial charge in [0.1, 0.15) is 11.4 Å². The number of fused-ring (bicyclic) bond motifs is 1. The highest BCUT2D eigenvalue weighted by Crippen LogP contribution is 2.30. The van der Waals surface area contributed by atoms with Gasteiger partial charge in [0.15, 0.2) is 10.7 Å². The normalized spacial score (nSPS) is 22.5. The number of nitrogens with one attached hydrogen (secondary N) is 2. The zero-order valence-corrected chi connectivity index (χ0v) is 24.5. The van der Waals surface area contributed by atoms with Crippen molar-refractivity contribution in [3.63, 3.8) is 0 Å². The van der Waals surface area contributed by atoms with Crippen LogP contribution in [0.3, 0.4) is 0 Å². The summed E-state index contributed by atoms with van der Waals surface area (Å²) in [5.74, 6) is 0.115. The van der Waals surface area contributed by atoms with E-state index in [9.17, 15) is 18.3 Å². The highest BCUT2D eigenvalue weighted by Gasteiger charge is 2.30. The Balaban J connectivity index is 2.04. The molecular formula is C27H42N4O7S. The van der Waals surface area contributed by atoms with Crippen LogP contribution in [0, 0.1) is 19.8 Å². The third-order valence-electron chi connectivity index (χ3n) is 6.95. The van der Waals surface area contributed by atoms with Crippen LogP contribution in [0.15, 0.2) is 27.6 Å². The molecule has 0 spiro atoms. The maximum Gasteiger partial charge on any atom is 0.267 e. The third-order valence-corrected chi connectivity index (χ3v) is 8.57. The van der Waals surface area contributed by atoms with Crippen molar-refractivity contribution in [1.29, 1.82) is 0 Å². The summed E-state index contributed by atoms with van der Waals surface area (Å²) in [6.07, 6.45) is 2.24. The van der Waals surface area contributed by atoms with Crippen LogP contribution in [-0.2, 0) is 14.8 Å². The Morgan fingerprint density at radius 3 is 2.62 bits per heavy atom. The predicted molar refractivity (Wildman–Crippen MR) is 148 cm³/mol. The fraction of sp³-hybridized carbons (Fsp3) is 0.630. The number of carbonyl (C=O) groups is 1. The van der Waals surface area contributed by atoms with Crippen LogP contribution in [0.25, 0.3) is 0 Å². The van der Waals surface area contributed by atoms with Gasteiger partial charge in [-0.25, -0.2) is 8.42 Å². The average Bonchev–Trinajstić information content (AvgIpc) is 3.24. The van der Waals surface area contributed by atoms with Gasteiger partial charge in [0.05, 0.1) is 30.4 Å². The molecule has 218 valence electrons. The second-order valence-corrected chi connectivity index (χ2v) is 11.9. The Hall–Kier alpha value is -2.67. The Labute approximate surface area is 231 Å². The van der Waals surface area contributed by atoms with Gasteiger partial charge in [-0.2, -0.15) is 0 Å². The number of aliphatic hydroxyl groups is 1. The van der Waals surface area contributed by atoms with Crippen LogP contribution >= 0.6 is 0 Å². The van der Waals surface area contributed by atoms with Crippen LogP contribution in [0.4, 0.5) is 5.69 Å². The van der Waals surface area contributed by atoms with Crippen molar-refractivity contribution < 1.29 is 32.3 Å². The van der Waals surface area contributed by atoms with E-state index in [4.69, 9.17) is 14.0 Å². The molecule has 12 heteroatoms. The molecular weight excluding hydrogens is 524 g/mol. The number of aliphatic hydroxyl groups excluding tert-OH is 1. The van der Waals surface area contributed by atoms with E-state index < -0.39 is 16.1 Å².